The summed E-state index contributed by atoms with van der Waals surface area (Å²) >= 11 is 6.25. The second-order valence-electron chi connectivity index (χ2n) is 8.27. The van der Waals surface area contributed by atoms with Crippen LogP contribution in [0.1, 0.15) is 19.3 Å². The summed E-state index contributed by atoms with van der Waals surface area (Å²) in [5.74, 6) is 1.70. The van der Waals surface area contributed by atoms with E-state index in [1.807, 2.05) is 41.3 Å². The van der Waals surface area contributed by atoms with E-state index in [0.717, 1.165) is 60.3 Å². The SMILES string of the molecule is O=C1CCCN1CCCNc1nc(-c2ccc(-c3ccccc3)cc2)nc2cc(Cl)ccc12. The Hall–Kier alpha value is -3.44. The molecule has 1 N–H and O–H groups in total. The number of likely N-dealkylation sites (tertiary alicyclic amines) is 1. The molecule has 1 saturated heterocycles. The number of rotatable bonds is 7. The first-order valence-corrected chi connectivity index (χ1v) is 11.7. The number of carbonyl (C=O) groups excluding carboxylic acids is 1. The first-order chi connectivity index (χ1) is 16.2. The lowest BCUT2D eigenvalue weighted by Gasteiger charge is -2.16. The molecule has 0 saturated carbocycles. The number of nitrogens with one attached hydrogen (secondary N) is 1. The van der Waals surface area contributed by atoms with Gasteiger partial charge in [0.1, 0.15) is 5.82 Å². The van der Waals surface area contributed by atoms with Crippen molar-refractivity contribution < 1.29 is 4.79 Å². The number of aromatic nitrogens is 2. The highest BCUT2D eigenvalue weighted by Gasteiger charge is 2.19. The lowest BCUT2D eigenvalue weighted by Crippen LogP contribution is -2.27. The molecule has 0 aliphatic carbocycles. The molecule has 5 rings (SSSR count). The summed E-state index contributed by atoms with van der Waals surface area (Å²) in [6.45, 7) is 2.37. The smallest absolute Gasteiger partial charge is 0.222 e. The van der Waals surface area contributed by atoms with Gasteiger partial charge in [-0.3, -0.25) is 4.79 Å². The maximum atomic E-state index is 11.8. The van der Waals surface area contributed by atoms with Gasteiger partial charge in [0.25, 0.3) is 0 Å². The molecule has 0 unspecified atom stereocenters. The Kier molecular flexibility index (Phi) is 6.22. The molecular formula is C27H25ClN4O. The van der Waals surface area contributed by atoms with Gasteiger partial charge in [0, 0.05) is 42.0 Å². The number of hydrogen-bond acceptors (Lipinski definition) is 4. The van der Waals surface area contributed by atoms with E-state index in [-0.39, 0.29) is 5.91 Å². The Morgan fingerprint density at radius 2 is 1.67 bits per heavy atom. The van der Waals surface area contributed by atoms with Crippen LogP contribution in [-0.4, -0.2) is 40.4 Å². The van der Waals surface area contributed by atoms with E-state index in [1.54, 1.807) is 0 Å². The van der Waals surface area contributed by atoms with Crippen molar-refractivity contribution in [1.29, 1.82) is 0 Å². The summed E-state index contributed by atoms with van der Waals surface area (Å²) in [4.78, 5) is 23.4. The third-order valence-corrected chi connectivity index (χ3v) is 6.21. The lowest BCUT2D eigenvalue weighted by molar-refractivity contribution is -0.127. The molecule has 1 amide bonds. The normalized spacial score (nSPS) is 13.6. The highest BCUT2D eigenvalue weighted by Crippen LogP contribution is 2.28. The Morgan fingerprint density at radius 3 is 2.42 bits per heavy atom. The van der Waals surface area contributed by atoms with Gasteiger partial charge in [-0.05, 0) is 42.2 Å². The number of benzene rings is 3. The van der Waals surface area contributed by atoms with Gasteiger partial charge in [0.15, 0.2) is 5.82 Å². The Balaban J connectivity index is 1.39. The summed E-state index contributed by atoms with van der Waals surface area (Å²) in [5.41, 5.74) is 4.08. The highest BCUT2D eigenvalue weighted by molar-refractivity contribution is 6.31. The lowest BCUT2D eigenvalue weighted by atomic mass is 10.0. The molecule has 1 aliphatic heterocycles. The summed E-state index contributed by atoms with van der Waals surface area (Å²) in [5, 5.41) is 5.04. The standard InChI is InChI=1S/C27H25ClN4O/c28-22-13-14-23-24(18-22)30-26(21-11-9-20(10-12-21)19-6-2-1-3-7-19)31-27(23)29-15-5-17-32-16-4-8-25(32)33/h1-3,6-7,9-14,18H,4-5,8,15-17H2,(H,29,30,31). The van der Waals surface area contributed by atoms with Crippen molar-refractivity contribution >= 4 is 34.2 Å². The van der Waals surface area contributed by atoms with Crippen molar-refractivity contribution in [2.45, 2.75) is 19.3 Å². The van der Waals surface area contributed by atoms with Crippen LogP contribution in [-0.2, 0) is 4.79 Å². The van der Waals surface area contributed by atoms with Gasteiger partial charge in [-0.25, -0.2) is 9.97 Å². The van der Waals surface area contributed by atoms with Crippen LogP contribution in [0.2, 0.25) is 5.02 Å². The van der Waals surface area contributed by atoms with Crippen LogP contribution in [0, 0.1) is 0 Å². The molecule has 1 fully saturated rings. The number of halogens is 1. The molecule has 1 aliphatic rings. The van der Waals surface area contributed by atoms with Gasteiger partial charge in [-0.15, -0.1) is 0 Å². The van der Waals surface area contributed by atoms with E-state index in [2.05, 4.69) is 41.7 Å². The molecule has 4 aromatic rings. The predicted molar refractivity (Wildman–Crippen MR) is 134 cm³/mol. The fourth-order valence-corrected chi connectivity index (χ4v) is 4.39. The summed E-state index contributed by atoms with van der Waals surface area (Å²) < 4.78 is 0. The van der Waals surface area contributed by atoms with Crippen LogP contribution in [0.25, 0.3) is 33.4 Å². The third-order valence-electron chi connectivity index (χ3n) is 5.98. The fourth-order valence-electron chi connectivity index (χ4n) is 4.23. The number of carbonyl (C=O) groups is 1. The fraction of sp³-hybridized carbons (Fsp3) is 0.222. The first-order valence-electron chi connectivity index (χ1n) is 11.3. The molecule has 0 bridgehead atoms. The van der Waals surface area contributed by atoms with Crippen LogP contribution < -0.4 is 5.32 Å². The number of fused-ring (bicyclic) bond motifs is 1. The average molecular weight is 457 g/mol. The Bertz CT molecular complexity index is 1270. The molecule has 3 aromatic carbocycles. The second-order valence-corrected chi connectivity index (χ2v) is 8.70. The Labute approximate surface area is 198 Å². The third kappa shape index (κ3) is 4.83. The van der Waals surface area contributed by atoms with E-state index in [4.69, 9.17) is 21.6 Å². The van der Waals surface area contributed by atoms with Crippen molar-refractivity contribution in [2.75, 3.05) is 25.0 Å². The number of anilines is 1. The molecule has 0 radical (unpaired) electrons. The monoisotopic (exact) mass is 456 g/mol. The van der Waals surface area contributed by atoms with E-state index in [1.165, 1.54) is 5.56 Å². The molecule has 2 heterocycles. The second kappa shape index (κ2) is 9.59. The van der Waals surface area contributed by atoms with Crippen LogP contribution >= 0.6 is 11.6 Å². The first kappa shape index (κ1) is 21.4. The van der Waals surface area contributed by atoms with Gasteiger partial charge in [0.2, 0.25) is 5.91 Å². The number of nitrogens with zero attached hydrogens (tertiary/aromatic N) is 3. The molecule has 1 aromatic heterocycles. The molecule has 166 valence electrons. The largest absolute Gasteiger partial charge is 0.369 e. The summed E-state index contributed by atoms with van der Waals surface area (Å²) in [6, 6.07) is 24.3. The van der Waals surface area contributed by atoms with Crippen molar-refractivity contribution in [3.05, 3.63) is 77.8 Å². The minimum atomic E-state index is 0.262. The zero-order chi connectivity index (χ0) is 22.6. The van der Waals surface area contributed by atoms with Crippen LogP contribution in [0.3, 0.4) is 0 Å². The number of hydrogen-bond donors (Lipinski definition) is 1. The maximum absolute atomic E-state index is 11.8. The van der Waals surface area contributed by atoms with Crippen LogP contribution in [0.5, 0.6) is 0 Å². The molecule has 0 atom stereocenters. The van der Waals surface area contributed by atoms with E-state index in [9.17, 15) is 4.79 Å². The highest BCUT2D eigenvalue weighted by atomic mass is 35.5. The summed E-state index contributed by atoms with van der Waals surface area (Å²) in [6.07, 6.45) is 2.51. The molecule has 6 heteroatoms. The van der Waals surface area contributed by atoms with Crippen molar-refractivity contribution in [3.63, 3.8) is 0 Å². The van der Waals surface area contributed by atoms with Crippen LogP contribution in [0.15, 0.2) is 72.8 Å². The average Bonchev–Trinajstić information content (AvgIpc) is 3.26. The van der Waals surface area contributed by atoms with E-state index in [0.29, 0.717) is 17.3 Å². The molecular weight excluding hydrogens is 432 g/mol. The Morgan fingerprint density at radius 1 is 0.909 bits per heavy atom. The van der Waals surface area contributed by atoms with Crippen molar-refractivity contribution in [3.8, 4) is 22.5 Å². The zero-order valence-electron chi connectivity index (χ0n) is 18.3. The maximum Gasteiger partial charge on any atom is 0.222 e. The van der Waals surface area contributed by atoms with Gasteiger partial charge in [-0.2, -0.15) is 0 Å². The van der Waals surface area contributed by atoms with E-state index < -0.39 is 0 Å². The van der Waals surface area contributed by atoms with Gasteiger partial charge < -0.3 is 10.2 Å². The van der Waals surface area contributed by atoms with Crippen LogP contribution in [0.4, 0.5) is 5.82 Å². The zero-order valence-corrected chi connectivity index (χ0v) is 19.1. The van der Waals surface area contributed by atoms with Gasteiger partial charge in [0.05, 0.1) is 5.52 Å². The molecule has 0 spiro atoms. The quantitative estimate of drug-likeness (QED) is 0.344. The summed E-state index contributed by atoms with van der Waals surface area (Å²) in [7, 11) is 0. The predicted octanol–water partition coefficient (Wildman–Crippen LogP) is 6.04. The van der Waals surface area contributed by atoms with Gasteiger partial charge >= 0.3 is 0 Å². The minimum Gasteiger partial charge on any atom is -0.369 e. The minimum absolute atomic E-state index is 0.262. The number of amides is 1. The van der Waals surface area contributed by atoms with Gasteiger partial charge in [-0.1, -0.05) is 66.2 Å². The molecule has 33 heavy (non-hydrogen) atoms. The topological polar surface area (TPSA) is 58.1 Å². The van der Waals surface area contributed by atoms with Crippen molar-refractivity contribution in [1.82, 2.24) is 14.9 Å². The van der Waals surface area contributed by atoms with Crippen molar-refractivity contribution in [2.24, 2.45) is 0 Å². The molecule has 5 nitrogen and oxygen atoms in total. The van der Waals surface area contributed by atoms with E-state index >= 15 is 0 Å².